The Morgan fingerprint density at radius 1 is 1.35 bits per heavy atom. The van der Waals surface area contributed by atoms with Gasteiger partial charge >= 0.3 is 0 Å². The van der Waals surface area contributed by atoms with E-state index in [2.05, 4.69) is 16.5 Å². The second-order valence-corrected chi connectivity index (χ2v) is 4.14. The van der Waals surface area contributed by atoms with Crippen molar-refractivity contribution in [2.24, 2.45) is 7.05 Å². The lowest BCUT2D eigenvalue weighted by atomic mass is 10.1. The first-order valence-corrected chi connectivity index (χ1v) is 5.85. The van der Waals surface area contributed by atoms with Gasteiger partial charge < -0.3 is 15.8 Å². The number of aromatic nitrogens is 2. The number of ether oxygens (including phenoxy) is 1. The van der Waals surface area contributed by atoms with Gasteiger partial charge in [-0.15, -0.1) is 24.8 Å². The molecule has 0 fully saturated rings. The van der Waals surface area contributed by atoms with E-state index in [1.165, 1.54) is 5.56 Å². The van der Waals surface area contributed by atoms with Crippen molar-refractivity contribution in [3.8, 4) is 5.75 Å². The van der Waals surface area contributed by atoms with Crippen LogP contribution in [-0.2, 0) is 13.5 Å². The zero-order valence-electron chi connectivity index (χ0n) is 11.5. The third-order valence-electron chi connectivity index (χ3n) is 2.70. The first-order chi connectivity index (χ1) is 8.69. The molecule has 5 nitrogen and oxygen atoms in total. The van der Waals surface area contributed by atoms with Gasteiger partial charge in [0.05, 0.1) is 12.8 Å². The molecule has 0 saturated heterocycles. The number of nitrogens with two attached hydrogens (primary N) is 1. The van der Waals surface area contributed by atoms with Crippen LogP contribution >= 0.6 is 24.8 Å². The smallest absolute Gasteiger partial charge is 0.171 e. The van der Waals surface area contributed by atoms with Crippen LogP contribution in [0.4, 0.5) is 11.5 Å². The third-order valence-corrected chi connectivity index (χ3v) is 2.70. The summed E-state index contributed by atoms with van der Waals surface area (Å²) in [7, 11) is 3.52. The first kappa shape index (κ1) is 18.4. The number of benzene rings is 1. The fourth-order valence-electron chi connectivity index (χ4n) is 1.80. The number of methoxy groups -OCH3 is 1. The Bertz CT molecular complexity index is 531. The van der Waals surface area contributed by atoms with Gasteiger partial charge in [0.1, 0.15) is 5.75 Å². The molecule has 20 heavy (non-hydrogen) atoms. The standard InChI is InChI=1S/C13H18N4O.2ClH/c1-17-9-12(14)13(16-17)15-7-6-10-4-3-5-11(8-10)18-2;;/h3-5,8-9H,6-7,14H2,1-2H3,(H,15,16);2*1H. The lowest BCUT2D eigenvalue weighted by Crippen LogP contribution is -2.07. The summed E-state index contributed by atoms with van der Waals surface area (Å²) in [5.41, 5.74) is 7.69. The van der Waals surface area contributed by atoms with E-state index in [0.29, 0.717) is 5.69 Å². The van der Waals surface area contributed by atoms with Crippen molar-refractivity contribution in [3.63, 3.8) is 0 Å². The van der Waals surface area contributed by atoms with E-state index in [1.54, 1.807) is 18.0 Å². The van der Waals surface area contributed by atoms with Crippen LogP contribution in [0.25, 0.3) is 0 Å². The molecule has 0 aliphatic carbocycles. The molecule has 0 amide bonds. The van der Waals surface area contributed by atoms with E-state index >= 15 is 0 Å². The van der Waals surface area contributed by atoms with E-state index in [-0.39, 0.29) is 24.8 Å². The second kappa shape index (κ2) is 8.55. The highest BCUT2D eigenvalue weighted by Gasteiger charge is 2.03. The molecule has 1 aromatic heterocycles. The topological polar surface area (TPSA) is 65.1 Å². The SMILES string of the molecule is COc1cccc(CCNc2nn(C)cc2N)c1.Cl.Cl. The van der Waals surface area contributed by atoms with Gasteiger partial charge in [0.2, 0.25) is 0 Å². The highest BCUT2D eigenvalue weighted by Crippen LogP contribution is 2.15. The first-order valence-electron chi connectivity index (χ1n) is 5.85. The number of nitrogens with zero attached hydrogens (tertiary/aromatic N) is 2. The maximum atomic E-state index is 5.80. The Balaban J connectivity index is 0.00000180. The molecule has 1 heterocycles. The van der Waals surface area contributed by atoms with Gasteiger partial charge in [-0.25, -0.2) is 0 Å². The van der Waals surface area contributed by atoms with Gasteiger partial charge in [-0.05, 0) is 24.1 Å². The maximum absolute atomic E-state index is 5.80. The molecular weight excluding hydrogens is 299 g/mol. The van der Waals surface area contributed by atoms with E-state index in [4.69, 9.17) is 10.5 Å². The summed E-state index contributed by atoms with van der Waals surface area (Å²) in [4.78, 5) is 0. The van der Waals surface area contributed by atoms with Crippen molar-refractivity contribution in [2.75, 3.05) is 24.7 Å². The zero-order chi connectivity index (χ0) is 13.0. The molecule has 0 radical (unpaired) electrons. The van der Waals surface area contributed by atoms with Gasteiger partial charge in [-0.1, -0.05) is 12.1 Å². The average Bonchev–Trinajstić information content (AvgIpc) is 2.68. The molecule has 0 atom stereocenters. The highest BCUT2D eigenvalue weighted by atomic mass is 35.5. The van der Waals surface area contributed by atoms with Crippen molar-refractivity contribution < 1.29 is 4.74 Å². The molecule has 2 rings (SSSR count). The van der Waals surface area contributed by atoms with Gasteiger partial charge in [0.15, 0.2) is 5.82 Å². The third kappa shape index (κ3) is 4.83. The van der Waals surface area contributed by atoms with Crippen molar-refractivity contribution in [2.45, 2.75) is 6.42 Å². The number of anilines is 2. The van der Waals surface area contributed by atoms with Crippen molar-refractivity contribution >= 4 is 36.3 Å². The molecule has 0 aliphatic rings. The summed E-state index contributed by atoms with van der Waals surface area (Å²) in [5.74, 6) is 1.62. The highest BCUT2D eigenvalue weighted by molar-refractivity contribution is 5.85. The molecular formula is C13H20Cl2N4O. The number of aryl methyl sites for hydroxylation is 1. The van der Waals surface area contributed by atoms with Crippen molar-refractivity contribution in [1.82, 2.24) is 9.78 Å². The molecule has 7 heteroatoms. The van der Waals surface area contributed by atoms with Crippen LogP contribution in [0.15, 0.2) is 30.5 Å². The van der Waals surface area contributed by atoms with Crippen LogP contribution < -0.4 is 15.8 Å². The quantitative estimate of drug-likeness (QED) is 0.889. The maximum Gasteiger partial charge on any atom is 0.171 e. The Kier molecular flexibility index (Phi) is 7.87. The summed E-state index contributed by atoms with van der Waals surface area (Å²) < 4.78 is 6.88. The number of rotatable bonds is 5. The van der Waals surface area contributed by atoms with E-state index in [1.807, 2.05) is 25.2 Å². The number of hydrogen-bond donors (Lipinski definition) is 2. The summed E-state index contributed by atoms with van der Waals surface area (Å²) in [6, 6.07) is 8.03. The summed E-state index contributed by atoms with van der Waals surface area (Å²) in [6.45, 7) is 0.786. The van der Waals surface area contributed by atoms with E-state index in [0.717, 1.165) is 24.5 Å². The lowest BCUT2D eigenvalue weighted by molar-refractivity contribution is 0.414. The summed E-state index contributed by atoms with van der Waals surface area (Å²) in [5, 5.41) is 7.45. The van der Waals surface area contributed by atoms with Crippen LogP contribution in [0.2, 0.25) is 0 Å². The average molecular weight is 319 g/mol. The van der Waals surface area contributed by atoms with Gasteiger partial charge in [0, 0.05) is 19.8 Å². The number of halogens is 2. The predicted octanol–water partition coefficient (Wildman–Crippen LogP) is 2.51. The van der Waals surface area contributed by atoms with Crippen molar-refractivity contribution in [1.29, 1.82) is 0 Å². The van der Waals surface area contributed by atoms with Gasteiger partial charge in [-0.3, -0.25) is 4.68 Å². The fourth-order valence-corrected chi connectivity index (χ4v) is 1.80. The van der Waals surface area contributed by atoms with Gasteiger partial charge in [-0.2, -0.15) is 5.10 Å². The molecule has 112 valence electrons. The van der Waals surface area contributed by atoms with Crippen molar-refractivity contribution in [3.05, 3.63) is 36.0 Å². The molecule has 0 bridgehead atoms. The Hall–Kier alpha value is -1.59. The Morgan fingerprint density at radius 2 is 2.10 bits per heavy atom. The normalized spacial score (nSPS) is 9.30. The molecule has 3 N–H and O–H groups in total. The number of hydrogen-bond acceptors (Lipinski definition) is 4. The van der Waals surface area contributed by atoms with E-state index < -0.39 is 0 Å². The number of nitrogen functional groups attached to an aromatic ring is 1. The minimum absolute atomic E-state index is 0. The van der Waals surface area contributed by atoms with Crippen LogP contribution in [0.5, 0.6) is 5.75 Å². The molecule has 2 aromatic rings. The minimum atomic E-state index is 0. The minimum Gasteiger partial charge on any atom is -0.497 e. The second-order valence-electron chi connectivity index (χ2n) is 4.14. The largest absolute Gasteiger partial charge is 0.497 e. The van der Waals surface area contributed by atoms with Crippen LogP contribution in [-0.4, -0.2) is 23.4 Å². The molecule has 0 unspecified atom stereocenters. The lowest BCUT2D eigenvalue weighted by Gasteiger charge is -2.06. The molecule has 1 aromatic carbocycles. The summed E-state index contributed by atoms with van der Waals surface area (Å²) in [6.07, 6.45) is 2.68. The van der Waals surface area contributed by atoms with Crippen LogP contribution in [0, 0.1) is 0 Å². The summed E-state index contributed by atoms with van der Waals surface area (Å²) >= 11 is 0. The molecule has 0 saturated carbocycles. The van der Waals surface area contributed by atoms with Crippen LogP contribution in [0.3, 0.4) is 0 Å². The fraction of sp³-hybridized carbons (Fsp3) is 0.308. The predicted molar refractivity (Wildman–Crippen MR) is 87.3 cm³/mol. The van der Waals surface area contributed by atoms with E-state index in [9.17, 15) is 0 Å². The Morgan fingerprint density at radius 3 is 2.70 bits per heavy atom. The monoisotopic (exact) mass is 318 g/mol. The number of nitrogens with one attached hydrogen (secondary N) is 1. The van der Waals surface area contributed by atoms with Crippen LogP contribution in [0.1, 0.15) is 5.56 Å². The zero-order valence-corrected chi connectivity index (χ0v) is 13.1. The van der Waals surface area contributed by atoms with Gasteiger partial charge in [0.25, 0.3) is 0 Å². The molecule has 0 spiro atoms. The Labute approximate surface area is 131 Å². The molecule has 0 aliphatic heterocycles.